The summed E-state index contributed by atoms with van der Waals surface area (Å²) in [6.45, 7) is 12.8. The molecular weight excluding hydrogens is 352 g/mol. The summed E-state index contributed by atoms with van der Waals surface area (Å²) in [5.74, 6) is 5.64. The molecule has 0 heterocycles. The predicted octanol–water partition coefficient (Wildman–Crippen LogP) is 7.64. The molecule has 9 atom stereocenters. The van der Waals surface area contributed by atoms with Crippen molar-refractivity contribution in [2.24, 2.45) is 52.3 Å². The molecule has 1 nitrogen and oxygen atoms in total. The molecule has 0 aromatic heterocycles. The summed E-state index contributed by atoms with van der Waals surface area (Å²) in [6, 6.07) is 0. The minimum absolute atomic E-state index is 0.339. The second kappa shape index (κ2) is 8.33. The fraction of sp³-hybridized carbons (Fsp3) is 0.929. The van der Waals surface area contributed by atoms with Gasteiger partial charge >= 0.3 is 0 Å². The van der Waals surface area contributed by atoms with Gasteiger partial charge in [-0.25, -0.2) is 0 Å². The van der Waals surface area contributed by atoms with Crippen LogP contribution in [-0.4, -0.2) is 11.7 Å². The van der Waals surface area contributed by atoms with Crippen molar-refractivity contribution in [3.8, 4) is 0 Å². The maximum atomic E-state index is 9.48. The van der Waals surface area contributed by atoms with Gasteiger partial charge in [0.25, 0.3) is 0 Å². The Hall–Kier alpha value is -0.300. The SMILES string of the molecule is CC(CO)[C@@H](C)CC[C@@H](C)[C@H]1CC=C2[C@@H]3CCC4CCCC[C@]4(C)[C@H]3CC[C@@]21C. The quantitative estimate of drug-likeness (QED) is 0.454. The van der Waals surface area contributed by atoms with Gasteiger partial charge in [0.05, 0.1) is 0 Å². The first-order chi connectivity index (χ1) is 13.8. The fourth-order valence-corrected chi connectivity index (χ4v) is 8.71. The van der Waals surface area contributed by atoms with E-state index in [1.54, 1.807) is 0 Å². The lowest BCUT2D eigenvalue weighted by molar-refractivity contribution is -0.0585. The Kier molecular flexibility index (Phi) is 6.29. The highest BCUT2D eigenvalue weighted by molar-refractivity contribution is 5.30. The molecule has 2 unspecified atom stereocenters. The van der Waals surface area contributed by atoms with Gasteiger partial charge in [0, 0.05) is 6.61 Å². The minimum Gasteiger partial charge on any atom is -0.396 e. The first kappa shape index (κ1) is 21.9. The topological polar surface area (TPSA) is 20.2 Å². The largest absolute Gasteiger partial charge is 0.396 e. The lowest BCUT2D eigenvalue weighted by atomic mass is 9.45. The van der Waals surface area contributed by atoms with E-state index in [4.69, 9.17) is 0 Å². The van der Waals surface area contributed by atoms with Crippen molar-refractivity contribution in [2.75, 3.05) is 6.61 Å². The fourth-order valence-electron chi connectivity index (χ4n) is 8.71. The Bertz CT molecular complexity index is 607. The molecule has 0 aromatic carbocycles. The molecule has 0 radical (unpaired) electrons. The lowest BCUT2D eigenvalue weighted by Crippen LogP contribution is -2.50. The maximum Gasteiger partial charge on any atom is 0.0459 e. The average molecular weight is 401 g/mol. The van der Waals surface area contributed by atoms with E-state index in [2.05, 4.69) is 40.7 Å². The van der Waals surface area contributed by atoms with Gasteiger partial charge < -0.3 is 5.11 Å². The summed E-state index contributed by atoms with van der Waals surface area (Å²) >= 11 is 0. The highest BCUT2D eigenvalue weighted by atomic mass is 16.3. The average Bonchev–Trinajstić information content (AvgIpc) is 3.08. The van der Waals surface area contributed by atoms with Crippen LogP contribution in [0.15, 0.2) is 11.6 Å². The zero-order valence-electron chi connectivity index (χ0n) is 20.1. The first-order valence-corrected chi connectivity index (χ1v) is 13.1. The molecular formula is C28H48O. The number of aliphatic hydroxyl groups is 1. The van der Waals surface area contributed by atoms with Crippen LogP contribution in [0, 0.1) is 52.3 Å². The Morgan fingerprint density at radius 1 is 0.966 bits per heavy atom. The molecule has 29 heavy (non-hydrogen) atoms. The van der Waals surface area contributed by atoms with Gasteiger partial charge in [-0.15, -0.1) is 0 Å². The van der Waals surface area contributed by atoms with Crippen LogP contribution in [0.3, 0.4) is 0 Å². The summed E-state index contributed by atoms with van der Waals surface area (Å²) in [7, 11) is 0. The van der Waals surface area contributed by atoms with Crippen molar-refractivity contribution in [3.63, 3.8) is 0 Å². The van der Waals surface area contributed by atoms with E-state index < -0.39 is 0 Å². The Balaban J connectivity index is 1.45. The molecule has 3 saturated carbocycles. The molecule has 3 fully saturated rings. The smallest absolute Gasteiger partial charge is 0.0459 e. The monoisotopic (exact) mass is 400 g/mol. The summed E-state index contributed by atoms with van der Waals surface area (Å²) in [5, 5.41) is 9.48. The number of aliphatic hydroxyl groups excluding tert-OH is 1. The van der Waals surface area contributed by atoms with Gasteiger partial charge in [-0.2, -0.15) is 0 Å². The van der Waals surface area contributed by atoms with Crippen molar-refractivity contribution in [3.05, 3.63) is 11.6 Å². The van der Waals surface area contributed by atoms with Crippen molar-refractivity contribution >= 4 is 0 Å². The summed E-state index contributed by atoms with van der Waals surface area (Å²) < 4.78 is 0. The Morgan fingerprint density at radius 2 is 1.76 bits per heavy atom. The normalized spacial score (nSPS) is 44.8. The number of rotatable bonds is 6. The number of hydrogen-bond donors (Lipinski definition) is 1. The zero-order valence-corrected chi connectivity index (χ0v) is 20.1. The summed E-state index contributed by atoms with van der Waals surface area (Å²) in [5.41, 5.74) is 3.03. The van der Waals surface area contributed by atoms with E-state index in [1.807, 2.05) is 5.57 Å². The number of fused-ring (bicyclic) bond motifs is 5. The van der Waals surface area contributed by atoms with Gasteiger partial charge in [0.1, 0.15) is 0 Å². The van der Waals surface area contributed by atoms with E-state index in [1.165, 1.54) is 70.6 Å². The van der Waals surface area contributed by atoms with Crippen LogP contribution in [0.5, 0.6) is 0 Å². The van der Waals surface area contributed by atoms with Crippen LogP contribution in [0.2, 0.25) is 0 Å². The molecule has 1 heteroatoms. The zero-order chi connectivity index (χ0) is 20.8. The van der Waals surface area contributed by atoms with Crippen LogP contribution in [0.1, 0.15) is 105 Å². The third kappa shape index (κ3) is 3.66. The van der Waals surface area contributed by atoms with Crippen molar-refractivity contribution in [2.45, 2.75) is 105 Å². The number of allylic oxidation sites excluding steroid dienone is 2. The van der Waals surface area contributed by atoms with E-state index in [9.17, 15) is 5.11 Å². The standard InChI is InChI=1S/C28H48O/c1-19(21(3)18-29)9-10-20(2)24-13-14-25-23-12-11-22-8-6-7-16-27(22,4)26(23)15-17-28(24,25)5/h14,19-24,26,29H,6-13,15-18H2,1-5H3/t19-,20+,21?,22?,23-,24+,26-,27-,28+/m0/s1. The van der Waals surface area contributed by atoms with E-state index in [0.29, 0.717) is 29.3 Å². The molecule has 1 N–H and O–H groups in total. The second-order valence-electron chi connectivity index (χ2n) is 12.4. The van der Waals surface area contributed by atoms with Crippen LogP contribution < -0.4 is 0 Å². The van der Waals surface area contributed by atoms with Gasteiger partial charge in [-0.3, -0.25) is 0 Å². The van der Waals surface area contributed by atoms with Gasteiger partial charge in [-0.1, -0.05) is 72.0 Å². The summed E-state index contributed by atoms with van der Waals surface area (Å²) in [4.78, 5) is 0. The molecule has 4 aliphatic carbocycles. The van der Waals surface area contributed by atoms with E-state index >= 15 is 0 Å². The lowest BCUT2D eigenvalue weighted by Gasteiger charge is -2.59. The first-order valence-electron chi connectivity index (χ1n) is 13.1. The van der Waals surface area contributed by atoms with Crippen molar-refractivity contribution < 1.29 is 5.11 Å². The van der Waals surface area contributed by atoms with Gasteiger partial charge in [-0.05, 0) is 97.2 Å². The molecule has 4 aliphatic rings. The predicted molar refractivity (Wildman–Crippen MR) is 124 cm³/mol. The van der Waals surface area contributed by atoms with E-state index in [-0.39, 0.29) is 0 Å². The molecule has 0 amide bonds. The highest BCUT2D eigenvalue weighted by Gasteiger charge is 2.57. The second-order valence-corrected chi connectivity index (χ2v) is 12.4. The van der Waals surface area contributed by atoms with Crippen LogP contribution in [-0.2, 0) is 0 Å². The molecule has 0 bridgehead atoms. The van der Waals surface area contributed by atoms with Crippen LogP contribution in [0.25, 0.3) is 0 Å². The number of hydrogen-bond acceptors (Lipinski definition) is 1. The molecule has 0 saturated heterocycles. The van der Waals surface area contributed by atoms with Gasteiger partial charge in [0.2, 0.25) is 0 Å². The summed E-state index contributed by atoms with van der Waals surface area (Å²) in [6.07, 6.45) is 18.6. The Morgan fingerprint density at radius 3 is 2.52 bits per heavy atom. The van der Waals surface area contributed by atoms with Crippen molar-refractivity contribution in [1.82, 2.24) is 0 Å². The molecule has 0 aromatic rings. The highest BCUT2D eigenvalue weighted by Crippen LogP contribution is 2.66. The van der Waals surface area contributed by atoms with Crippen molar-refractivity contribution in [1.29, 1.82) is 0 Å². The van der Waals surface area contributed by atoms with Crippen LogP contribution in [0.4, 0.5) is 0 Å². The maximum absolute atomic E-state index is 9.48. The third-order valence-corrected chi connectivity index (χ3v) is 11.1. The molecule has 166 valence electrons. The third-order valence-electron chi connectivity index (χ3n) is 11.1. The van der Waals surface area contributed by atoms with Crippen LogP contribution >= 0.6 is 0 Å². The molecule has 0 spiro atoms. The minimum atomic E-state index is 0.339. The molecule has 0 aliphatic heterocycles. The molecule has 4 rings (SSSR count). The van der Waals surface area contributed by atoms with Gasteiger partial charge in [0.15, 0.2) is 0 Å². The van der Waals surface area contributed by atoms with E-state index in [0.717, 1.165) is 29.6 Å². The Labute approximate surface area is 181 Å².